The molecule has 6 rings (SSSR count). The van der Waals surface area contributed by atoms with Gasteiger partial charge < -0.3 is 24.8 Å². The summed E-state index contributed by atoms with van der Waals surface area (Å²) in [5, 5.41) is 24.4. The second-order valence-electron chi connectivity index (χ2n) is 12.8. The fourth-order valence-corrected chi connectivity index (χ4v) is 7.67. The van der Waals surface area contributed by atoms with Crippen molar-refractivity contribution < 1.29 is 27.4 Å². The molecule has 252 valence electrons. The van der Waals surface area contributed by atoms with Crippen LogP contribution in [0, 0.1) is 17.1 Å². The fraction of sp³-hybridized carbons (Fsp3) is 0.531. The lowest BCUT2D eigenvalue weighted by Crippen LogP contribution is -2.53. The highest BCUT2D eigenvalue weighted by Crippen LogP contribution is 2.41. The Labute approximate surface area is 273 Å². The van der Waals surface area contributed by atoms with Crippen molar-refractivity contribution in [3.63, 3.8) is 0 Å². The van der Waals surface area contributed by atoms with Crippen molar-refractivity contribution in [2.75, 3.05) is 57.6 Å². The van der Waals surface area contributed by atoms with Gasteiger partial charge in [0.05, 0.1) is 46.8 Å². The molecule has 0 radical (unpaired) electrons. The van der Waals surface area contributed by atoms with Gasteiger partial charge in [-0.2, -0.15) is 18.0 Å². The summed E-state index contributed by atoms with van der Waals surface area (Å²) in [6.07, 6.45) is 5.29. The van der Waals surface area contributed by atoms with E-state index in [0.717, 1.165) is 68.3 Å². The Morgan fingerprint density at radius 2 is 1.98 bits per heavy atom. The maximum absolute atomic E-state index is 15.0. The molecule has 3 fully saturated rings. The normalized spacial score (nSPS) is 21.2. The summed E-state index contributed by atoms with van der Waals surface area (Å²) in [6.45, 7) is 6.13. The van der Waals surface area contributed by atoms with Crippen LogP contribution in [0.15, 0.2) is 41.5 Å². The highest BCUT2D eigenvalue weighted by Gasteiger charge is 2.44. The molecule has 1 aromatic heterocycles. The number of likely N-dealkylation sites (tertiary alicyclic amines) is 1. The van der Waals surface area contributed by atoms with Crippen LogP contribution in [0.3, 0.4) is 0 Å². The summed E-state index contributed by atoms with van der Waals surface area (Å²) in [5.74, 6) is -1.27. The summed E-state index contributed by atoms with van der Waals surface area (Å²) in [6, 6.07) is 8.29. The van der Waals surface area contributed by atoms with Crippen LogP contribution in [0.2, 0.25) is 0 Å². The van der Waals surface area contributed by atoms with Gasteiger partial charge in [0.2, 0.25) is 0 Å². The second-order valence-corrected chi connectivity index (χ2v) is 14.6. The van der Waals surface area contributed by atoms with E-state index in [0.29, 0.717) is 25.1 Å². The zero-order valence-electron chi connectivity index (χ0n) is 26.5. The molecule has 3 aliphatic rings. The van der Waals surface area contributed by atoms with Gasteiger partial charge >= 0.3 is 10.2 Å². The third-order valence-corrected chi connectivity index (χ3v) is 11.2. The van der Waals surface area contributed by atoms with Crippen LogP contribution in [-0.2, 0) is 14.9 Å². The average Bonchev–Trinajstić information content (AvgIpc) is 3.47. The first-order chi connectivity index (χ1) is 22.4. The van der Waals surface area contributed by atoms with E-state index in [2.05, 4.69) is 19.9 Å². The molecule has 3 saturated heterocycles. The van der Waals surface area contributed by atoms with E-state index in [1.165, 1.54) is 25.5 Å². The number of rotatable bonds is 9. The molecule has 13 nitrogen and oxygen atoms in total. The van der Waals surface area contributed by atoms with Crippen LogP contribution >= 0.6 is 0 Å². The molecule has 0 amide bonds. The van der Waals surface area contributed by atoms with Gasteiger partial charge in [-0.3, -0.25) is 14.1 Å². The van der Waals surface area contributed by atoms with E-state index in [1.807, 2.05) is 6.07 Å². The Bertz CT molecular complexity index is 1850. The van der Waals surface area contributed by atoms with Gasteiger partial charge in [-0.05, 0) is 75.5 Å². The number of fused-ring (bicyclic) bond motifs is 1. The second kappa shape index (κ2) is 13.1. The lowest BCUT2D eigenvalue weighted by molar-refractivity contribution is -0.0702. The van der Waals surface area contributed by atoms with Crippen molar-refractivity contribution in [1.29, 1.82) is 5.26 Å². The molecule has 1 unspecified atom stereocenters. The van der Waals surface area contributed by atoms with Gasteiger partial charge in [0.15, 0.2) is 11.6 Å². The van der Waals surface area contributed by atoms with Crippen molar-refractivity contribution in [2.24, 2.45) is 0 Å². The van der Waals surface area contributed by atoms with E-state index in [4.69, 9.17) is 9.47 Å². The van der Waals surface area contributed by atoms with Crippen LogP contribution in [-0.4, -0.2) is 96.4 Å². The third kappa shape index (κ3) is 6.85. The first kappa shape index (κ1) is 33.3. The molecule has 3 N–H and O–H groups in total. The zero-order chi connectivity index (χ0) is 33.4. The minimum Gasteiger partial charge on any atom is -0.453 e. The van der Waals surface area contributed by atoms with Crippen LogP contribution < -0.4 is 20.3 Å². The number of benzene rings is 2. The molecule has 47 heavy (non-hydrogen) atoms. The van der Waals surface area contributed by atoms with Crippen molar-refractivity contribution in [1.82, 2.24) is 24.1 Å². The maximum Gasteiger partial charge on any atom is 0.301 e. The molecule has 0 bridgehead atoms. The number of β-amino-alcohol motifs (C(OH)–C–C–N with tert-alkyl or cyclic N) is 1. The van der Waals surface area contributed by atoms with E-state index in [9.17, 15) is 28.0 Å². The van der Waals surface area contributed by atoms with Gasteiger partial charge in [-0.15, -0.1) is 0 Å². The molecular weight excluding hydrogens is 629 g/mol. The number of hydrogen-bond acceptors (Lipinski definition) is 10. The molecule has 3 aliphatic heterocycles. The zero-order valence-corrected chi connectivity index (χ0v) is 27.4. The molecule has 1 spiro atoms. The summed E-state index contributed by atoms with van der Waals surface area (Å²) >= 11 is 0. The quantitative estimate of drug-likeness (QED) is 0.309. The highest BCUT2D eigenvalue weighted by molar-refractivity contribution is 7.90. The molecule has 0 saturated carbocycles. The van der Waals surface area contributed by atoms with E-state index in [1.54, 1.807) is 17.6 Å². The Morgan fingerprint density at radius 1 is 1.23 bits per heavy atom. The molecular formula is C32H40FN7O6S. The van der Waals surface area contributed by atoms with Crippen LogP contribution in [0.5, 0.6) is 11.5 Å². The van der Waals surface area contributed by atoms with Crippen molar-refractivity contribution in [3.05, 3.63) is 58.4 Å². The lowest BCUT2D eigenvalue weighted by atomic mass is 9.85. The predicted octanol–water partition coefficient (Wildman–Crippen LogP) is 2.72. The summed E-state index contributed by atoms with van der Waals surface area (Å²) < 4.78 is 57.2. The monoisotopic (exact) mass is 669 g/mol. The number of halogens is 1. The van der Waals surface area contributed by atoms with E-state index in [-0.39, 0.29) is 46.1 Å². The Morgan fingerprint density at radius 3 is 2.68 bits per heavy atom. The van der Waals surface area contributed by atoms with Gasteiger partial charge in [0, 0.05) is 33.2 Å². The summed E-state index contributed by atoms with van der Waals surface area (Å²) in [7, 11) is -2.62. The summed E-state index contributed by atoms with van der Waals surface area (Å²) in [4.78, 5) is 20.6. The fourth-order valence-electron chi connectivity index (χ4n) is 6.73. The number of aromatic nitrogens is 2. The summed E-state index contributed by atoms with van der Waals surface area (Å²) in [5.41, 5.74) is -1.37. The lowest BCUT2D eigenvalue weighted by Gasteiger charge is -2.43. The third-order valence-electron chi connectivity index (χ3n) is 9.69. The van der Waals surface area contributed by atoms with Crippen molar-refractivity contribution in [2.45, 2.75) is 56.3 Å². The molecule has 0 aliphatic carbocycles. The van der Waals surface area contributed by atoms with E-state index >= 15 is 0 Å². The topological polar surface area (TPSA) is 162 Å². The van der Waals surface area contributed by atoms with Crippen LogP contribution in [0.1, 0.15) is 50.6 Å². The van der Waals surface area contributed by atoms with Crippen LogP contribution in [0.4, 0.5) is 10.1 Å². The van der Waals surface area contributed by atoms with Crippen molar-refractivity contribution in [3.8, 4) is 17.6 Å². The largest absolute Gasteiger partial charge is 0.453 e. The Kier molecular flexibility index (Phi) is 9.27. The first-order valence-corrected chi connectivity index (χ1v) is 17.3. The molecule has 1 atom stereocenters. The molecule has 4 heterocycles. The van der Waals surface area contributed by atoms with E-state index < -0.39 is 27.4 Å². The Hall–Kier alpha value is -3.65. The maximum atomic E-state index is 15.0. The standard InChI is InChI=1S/C32H40FN7O6S/c1-3-38(2)47(43,44)37-28-7-5-26(33)29(25(28)18-34)46-23-4-6-27-24(16-23)30(41)40(21-36-27)22-17-32(45-19-22)10-14-39(15-11-32)20-31(42)8-12-35-13-9-31/h4-7,16,21-22,35,37,42H,3,8-15,17,19-20H2,1-2H3. The van der Waals surface area contributed by atoms with Crippen LogP contribution in [0.25, 0.3) is 10.9 Å². The Balaban J connectivity index is 1.19. The number of nitrogens with zero attached hydrogens (tertiary/aromatic N) is 5. The number of aliphatic hydroxyl groups is 1. The SMILES string of the molecule is CCN(C)S(=O)(=O)Nc1ccc(F)c(Oc2ccc3ncn(C4COC5(CCN(CC6(O)CCNCC6)CC5)C4)c(=O)c3c2)c1C#N. The smallest absolute Gasteiger partial charge is 0.301 e. The number of anilines is 1. The minimum atomic E-state index is -3.99. The number of hydrogen-bond donors (Lipinski definition) is 3. The molecule has 2 aromatic carbocycles. The number of piperidine rings is 2. The van der Waals surface area contributed by atoms with Gasteiger partial charge in [-0.25, -0.2) is 9.37 Å². The number of nitriles is 1. The molecule has 15 heteroatoms. The predicted molar refractivity (Wildman–Crippen MR) is 173 cm³/mol. The van der Waals surface area contributed by atoms with Crippen molar-refractivity contribution >= 4 is 26.8 Å². The number of nitrogens with one attached hydrogen (secondary N) is 2. The number of ether oxygens (including phenoxy) is 2. The average molecular weight is 670 g/mol. The molecule has 3 aromatic rings. The minimum absolute atomic E-state index is 0.0807. The highest BCUT2D eigenvalue weighted by atomic mass is 32.2. The first-order valence-electron chi connectivity index (χ1n) is 15.9. The van der Waals surface area contributed by atoms with Gasteiger partial charge in [0.25, 0.3) is 5.56 Å². The van der Waals surface area contributed by atoms with Gasteiger partial charge in [0.1, 0.15) is 17.4 Å². The van der Waals surface area contributed by atoms with Gasteiger partial charge in [-0.1, -0.05) is 6.92 Å².